The molecule has 0 aromatic carbocycles. The Kier molecular flexibility index (Phi) is 6.36. The summed E-state index contributed by atoms with van der Waals surface area (Å²) in [5.74, 6) is 1.72. The van der Waals surface area contributed by atoms with Crippen molar-refractivity contribution in [2.45, 2.75) is 52.5 Å². The Hall–Kier alpha value is -0.870. The van der Waals surface area contributed by atoms with E-state index < -0.39 is 0 Å². The normalized spacial score (nSPS) is 12.0. The maximum absolute atomic E-state index is 5.65. The highest BCUT2D eigenvalue weighted by atomic mass is 16.5. The molecule has 1 aromatic heterocycles. The van der Waals surface area contributed by atoms with E-state index in [2.05, 4.69) is 38.0 Å². The second kappa shape index (κ2) is 7.54. The first-order valence-corrected chi connectivity index (χ1v) is 6.77. The lowest BCUT2D eigenvalue weighted by atomic mass is 10.1. The van der Waals surface area contributed by atoms with Gasteiger partial charge in [-0.1, -0.05) is 6.92 Å². The molecular weight excluding hydrogens is 228 g/mol. The van der Waals surface area contributed by atoms with Crippen LogP contribution in [-0.4, -0.2) is 30.3 Å². The molecule has 4 heteroatoms. The fourth-order valence-electron chi connectivity index (χ4n) is 1.54. The van der Waals surface area contributed by atoms with Crippen molar-refractivity contribution in [2.24, 2.45) is 0 Å². The molecule has 18 heavy (non-hydrogen) atoms. The Morgan fingerprint density at radius 2 is 2.06 bits per heavy atom. The molecule has 0 unspecified atom stereocenters. The molecule has 0 aliphatic carbocycles. The lowest BCUT2D eigenvalue weighted by Gasteiger charge is -2.19. The van der Waals surface area contributed by atoms with E-state index in [1.54, 1.807) is 0 Å². The van der Waals surface area contributed by atoms with Crippen LogP contribution in [0.4, 0.5) is 0 Å². The van der Waals surface area contributed by atoms with Crippen LogP contribution in [0.1, 0.15) is 45.8 Å². The smallest absolute Gasteiger partial charge is 0.195 e. The van der Waals surface area contributed by atoms with Gasteiger partial charge < -0.3 is 14.5 Å². The maximum atomic E-state index is 5.65. The molecule has 0 radical (unpaired) electrons. The Morgan fingerprint density at radius 1 is 1.28 bits per heavy atom. The molecule has 4 nitrogen and oxygen atoms in total. The van der Waals surface area contributed by atoms with Gasteiger partial charge in [0.1, 0.15) is 5.76 Å². The maximum Gasteiger partial charge on any atom is 0.195 e. The van der Waals surface area contributed by atoms with E-state index in [1.165, 1.54) is 0 Å². The van der Waals surface area contributed by atoms with E-state index in [-0.39, 0.29) is 5.54 Å². The molecular formula is C14H26N2O2. The highest BCUT2D eigenvalue weighted by Crippen LogP contribution is 2.06. The average Bonchev–Trinajstić information content (AvgIpc) is 2.71. The van der Waals surface area contributed by atoms with Crippen LogP contribution < -0.4 is 5.32 Å². The molecule has 0 fully saturated rings. The largest absolute Gasteiger partial charge is 0.446 e. The molecule has 0 aliphatic rings. The minimum atomic E-state index is 0.142. The summed E-state index contributed by atoms with van der Waals surface area (Å²) in [5.41, 5.74) is 0.142. The number of hydrogen-bond donors (Lipinski definition) is 1. The van der Waals surface area contributed by atoms with Gasteiger partial charge in [0.2, 0.25) is 0 Å². The molecule has 1 aromatic rings. The number of nitrogens with one attached hydrogen (secondary N) is 1. The summed E-state index contributed by atoms with van der Waals surface area (Å²) in [6, 6.07) is 0. The Bertz CT molecular complexity index is 329. The SMILES string of the molecule is CCCOCCc1cnc(CCNC(C)(C)C)o1. The molecule has 0 aliphatic heterocycles. The predicted octanol–water partition coefficient (Wildman–Crippen LogP) is 2.57. The van der Waals surface area contributed by atoms with E-state index in [9.17, 15) is 0 Å². The van der Waals surface area contributed by atoms with Crippen molar-refractivity contribution in [3.05, 3.63) is 17.8 Å². The third kappa shape index (κ3) is 6.77. The van der Waals surface area contributed by atoms with Crippen LogP contribution in [0.5, 0.6) is 0 Å². The van der Waals surface area contributed by atoms with Gasteiger partial charge in [-0.3, -0.25) is 0 Å². The van der Waals surface area contributed by atoms with Gasteiger partial charge in [-0.05, 0) is 27.2 Å². The van der Waals surface area contributed by atoms with Gasteiger partial charge in [0, 0.05) is 31.5 Å². The number of hydrogen-bond acceptors (Lipinski definition) is 4. The predicted molar refractivity (Wildman–Crippen MR) is 72.8 cm³/mol. The summed E-state index contributed by atoms with van der Waals surface area (Å²) in [4.78, 5) is 4.27. The highest BCUT2D eigenvalue weighted by molar-refractivity contribution is 4.95. The third-order valence-corrected chi connectivity index (χ3v) is 2.44. The summed E-state index contributed by atoms with van der Waals surface area (Å²) in [7, 11) is 0. The zero-order valence-electron chi connectivity index (χ0n) is 12.1. The van der Waals surface area contributed by atoms with Gasteiger partial charge in [0.05, 0.1) is 12.8 Å². The molecule has 0 bridgehead atoms. The molecule has 1 N–H and O–H groups in total. The fraction of sp³-hybridized carbons (Fsp3) is 0.786. The minimum absolute atomic E-state index is 0.142. The van der Waals surface area contributed by atoms with Crippen LogP contribution in [0.25, 0.3) is 0 Å². The number of rotatable bonds is 8. The number of aromatic nitrogens is 1. The highest BCUT2D eigenvalue weighted by Gasteiger charge is 2.09. The minimum Gasteiger partial charge on any atom is -0.446 e. The Morgan fingerprint density at radius 3 is 2.72 bits per heavy atom. The van der Waals surface area contributed by atoms with Crippen molar-refractivity contribution in [1.29, 1.82) is 0 Å². The van der Waals surface area contributed by atoms with E-state index in [0.717, 1.165) is 44.1 Å². The summed E-state index contributed by atoms with van der Waals surface area (Å²) in [6.45, 7) is 11.0. The van der Waals surface area contributed by atoms with Crippen molar-refractivity contribution in [2.75, 3.05) is 19.8 Å². The number of ether oxygens (including phenoxy) is 1. The molecule has 0 spiro atoms. The van der Waals surface area contributed by atoms with Crippen molar-refractivity contribution in [1.82, 2.24) is 10.3 Å². The van der Waals surface area contributed by atoms with Gasteiger partial charge >= 0.3 is 0 Å². The summed E-state index contributed by atoms with van der Waals surface area (Å²) in [5, 5.41) is 3.41. The van der Waals surface area contributed by atoms with E-state index >= 15 is 0 Å². The van der Waals surface area contributed by atoms with Crippen LogP contribution in [0.3, 0.4) is 0 Å². The standard InChI is InChI=1S/C14H26N2O2/c1-5-9-17-10-7-12-11-15-13(18-12)6-8-16-14(2,3)4/h11,16H,5-10H2,1-4H3. The molecule has 104 valence electrons. The molecule has 1 heterocycles. The number of oxazole rings is 1. The van der Waals surface area contributed by atoms with Crippen LogP contribution in [0.2, 0.25) is 0 Å². The lowest BCUT2D eigenvalue weighted by molar-refractivity contribution is 0.134. The van der Waals surface area contributed by atoms with Crippen LogP contribution >= 0.6 is 0 Å². The first-order valence-electron chi connectivity index (χ1n) is 6.77. The zero-order valence-corrected chi connectivity index (χ0v) is 12.1. The number of nitrogens with zero attached hydrogens (tertiary/aromatic N) is 1. The second-order valence-corrected chi connectivity index (χ2v) is 5.51. The molecule has 0 saturated carbocycles. The lowest BCUT2D eigenvalue weighted by Crippen LogP contribution is -2.37. The molecule has 0 saturated heterocycles. The topological polar surface area (TPSA) is 47.3 Å². The van der Waals surface area contributed by atoms with Crippen molar-refractivity contribution < 1.29 is 9.15 Å². The molecule has 1 rings (SSSR count). The second-order valence-electron chi connectivity index (χ2n) is 5.51. The van der Waals surface area contributed by atoms with Crippen molar-refractivity contribution in [3.8, 4) is 0 Å². The molecule has 0 atom stereocenters. The Labute approximate surface area is 110 Å². The van der Waals surface area contributed by atoms with E-state index in [1.807, 2.05) is 6.20 Å². The van der Waals surface area contributed by atoms with Gasteiger partial charge in [0.15, 0.2) is 5.89 Å². The van der Waals surface area contributed by atoms with Crippen LogP contribution in [0, 0.1) is 0 Å². The van der Waals surface area contributed by atoms with Crippen molar-refractivity contribution >= 4 is 0 Å². The first kappa shape index (κ1) is 15.2. The van der Waals surface area contributed by atoms with Gasteiger partial charge in [-0.15, -0.1) is 0 Å². The van der Waals surface area contributed by atoms with E-state index in [0.29, 0.717) is 6.61 Å². The van der Waals surface area contributed by atoms with Crippen LogP contribution in [-0.2, 0) is 17.6 Å². The molecule has 0 amide bonds. The van der Waals surface area contributed by atoms with Gasteiger partial charge in [0.25, 0.3) is 0 Å². The fourth-order valence-corrected chi connectivity index (χ4v) is 1.54. The Balaban J connectivity index is 2.21. The summed E-state index contributed by atoms with van der Waals surface area (Å²) >= 11 is 0. The summed E-state index contributed by atoms with van der Waals surface area (Å²) < 4.78 is 11.1. The van der Waals surface area contributed by atoms with Crippen LogP contribution in [0.15, 0.2) is 10.6 Å². The summed E-state index contributed by atoms with van der Waals surface area (Å²) in [6.07, 6.45) is 4.49. The quantitative estimate of drug-likeness (QED) is 0.724. The van der Waals surface area contributed by atoms with Crippen molar-refractivity contribution in [3.63, 3.8) is 0 Å². The first-order chi connectivity index (χ1) is 8.51. The average molecular weight is 254 g/mol. The van der Waals surface area contributed by atoms with E-state index in [4.69, 9.17) is 9.15 Å². The van der Waals surface area contributed by atoms with Gasteiger partial charge in [-0.2, -0.15) is 0 Å². The monoisotopic (exact) mass is 254 g/mol. The zero-order chi connectivity index (χ0) is 13.4. The third-order valence-electron chi connectivity index (χ3n) is 2.44. The van der Waals surface area contributed by atoms with Gasteiger partial charge in [-0.25, -0.2) is 4.98 Å².